The minimum atomic E-state index is -0.392. The first-order valence-electron chi connectivity index (χ1n) is 8.64. The Morgan fingerprint density at radius 1 is 1.17 bits per heavy atom. The molecule has 0 fully saturated rings. The highest BCUT2D eigenvalue weighted by Gasteiger charge is 2.08. The number of nitrogens with zero attached hydrogens (tertiary/aromatic N) is 1. The first-order valence-corrected chi connectivity index (χ1v) is 9.02. The van der Waals surface area contributed by atoms with Crippen molar-refractivity contribution in [3.8, 4) is 23.8 Å². The van der Waals surface area contributed by atoms with E-state index in [1.165, 1.54) is 13.3 Å². The van der Waals surface area contributed by atoms with Crippen LogP contribution in [-0.2, 0) is 9.59 Å². The normalized spacial score (nSPS) is 10.2. The molecule has 0 aliphatic heterocycles. The number of hydrogen-bond acceptors (Lipinski definition) is 5. The van der Waals surface area contributed by atoms with E-state index in [1.807, 2.05) is 0 Å². The predicted octanol–water partition coefficient (Wildman–Crippen LogP) is 3.23. The van der Waals surface area contributed by atoms with Crippen LogP contribution in [0.1, 0.15) is 18.4 Å². The van der Waals surface area contributed by atoms with Crippen LogP contribution in [0.25, 0.3) is 0 Å². The van der Waals surface area contributed by atoms with Gasteiger partial charge in [0, 0.05) is 12.8 Å². The molecule has 150 valence electrons. The van der Waals surface area contributed by atoms with Crippen molar-refractivity contribution in [2.45, 2.75) is 12.8 Å². The second-order valence-electron chi connectivity index (χ2n) is 5.72. The third-order valence-corrected chi connectivity index (χ3v) is 3.96. The summed E-state index contributed by atoms with van der Waals surface area (Å²) in [4.78, 5) is 23.8. The first kappa shape index (κ1) is 21.8. The average molecular weight is 414 g/mol. The largest absolute Gasteiger partial charge is 0.493 e. The van der Waals surface area contributed by atoms with E-state index >= 15 is 0 Å². The smallest absolute Gasteiger partial charge is 0.240 e. The number of methoxy groups -OCH3 is 1. The molecular formula is C21H20ClN3O4. The fourth-order valence-corrected chi connectivity index (χ4v) is 2.42. The van der Waals surface area contributed by atoms with Crippen LogP contribution in [0.3, 0.4) is 0 Å². The van der Waals surface area contributed by atoms with Crippen molar-refractivity contribution in [1.82, 2.24) is 5.43 Å². The van der Waals surface area contributed by atoms with Crippen LogP contribution in [0.5, 0.6) is 11.5 Å². The molecule has 0 atom stereocenters. The minimum absolute atomic E-state index is 0.00160. The van der Waals surface area contributed by atoms with Crippen LogP contribution in [0, 0.1) is 12.3 Å². The van der Waals surface area contributed by atoms with E-state index < -0.39 is 5.91 Å². The third-order valence-electron chi connectivity index (χ3n) is 3.63. The summed E-state index contributed by atoms with van der Waals surface area (Å²) in [5.41, 5.74) is 3.56. The quantitative estimate of drug-likeness (QED) is 0.375. The standard InChI is InChI=1S/C21H20ClN3O4/c1-3-12-29-18-9-8-15(13-19(18)28-2)14-23-25-21(27)11-10-20(26)24-17-7-5-4-6-16(17)22/h1,4-9,13-14H,10-12H2,2H3,(H,24,26)(H,25,27). The Morgan fingerprint density at radius 2 is 1.93 bits per heavy atom. The molecule has 2 rings (SSSR count). The number of halogens is 1. The highest BCUT2D eigenvalue weighted by molar-refractivity contribution is 6.33. The molecule has 2 aromatic carbocycles. The highest BCUT2D eigenvalue weighted by atomic mass is 35.5. The summed E-state index contributed by atoms with van der Waals surface area (Å²) in [6.45, 7) is 0.129. The molecule has 0 aromatic heterocycles. The van der Waals surface area contributed by atoms with Gasteiger partial charge in [-0.3, -0.25) is 9.59 Å². The summed E-state index contributed by atoms with van der Waals surface area (Å²) >= 11 is 5.98. The topological polar surface area (TPSA) is 89.0 Å². The van der Waals surface area contributed by atoms with Crippen molar-refractivity contribution >= 4 is 35.3 Å². The van der Waals surface area contributed by atoms with Gasteiger partial charge in [0.15, 0.2) is 11.5 Å². The van der Waals surface area contributed by atoms with Gasteiger partial charge in [-0.05, 0) is 35.9 Å². The van der Waals surface area contributed by atoms with Crippen molar-refractivity contribution in [2.75, 3.05) is 19.0 Å². The lowest BCUT2D eigenvalue weighted by Crippen LogP contribution is -2.20. The van der Waals surface area contributed by atoms with Gasteiger partial charge in [-0.2, -0.15) is 5.10 Å². The molecule has 0 aliphatic carbocycles. The number of hydrogen-bond donors (Lipinski definition) is 2. The molecule has 0 aliphatic rings. The number of amides is 2. The Hall–Kier alpha value is -3.50. The zero-order valence-electron chi connectivity index (χ0n) is 15.8. The van der Waals surface area contributed by atoms with Gasteiger partial charge in [0.2, 0.25) is 11.8 Å². The second-order valence-corrected chi connectivity index (χ2v) is 6.13. The Bertz CT molecular complexity index is 938. The zero-order valence-corrected chi connectivity index (χ0v) is 16.5. The Balaban J connectivity index is 1.81. The maximum absolute atomic E-state index is 11.9. The fraction of sp³-hybridized carbons (Fsp3) is 0.190. The first-order chi connectivity index (χ1) is 14.0. The molecule has 0 saturated heterocycles. The summed E-state index contributed by atoms with van der Waals surface area (Å²) in [6, 6.07) is 12.0. The number of anilines is 1. The third kappa shape index (κ3) is 7.20. The van der Waals surface area contributed by atoms with Crippen LogP contribution in [0.4, 0.5) is 5.69 Å². The summed E-state index contributed by atoms with van der Waals surface area (Å²) in [5.74, 6) is 2.67. The van der Waals surface area contributed by atoms with Crippen LogP contribution >= 0.6 is 11.6 Å². The number of ether oxygens (including phenoxy) is 2. The van der Waals surface area contributed by atoms with Crippen molar-refractivity contribution in [1.29, 1.82) is 0 Å². The number of nitrogens with one attached hydrogen (secondary N) is 2. The number of carbonyl (C=O) groups excluding carboxylic acids is 2. The van der Waals surface area contributed by atoms with Gasteiger partial charge >= 0.3 is 0 Å². The molecule has 2 N–H and O–H groups in total. The molecule has 7 nitrogen and oxygen atoms in total. The van der Waals surface area contributed by atoms with Gasteiger partial charge in [-0.25, -0.2) is 5.43 Å². The van der Waals surface area contributed by atoms with Crippen molar-refractivity contribution < 1.29 is 19.1 Å². The van der Waals surface area contributed by atoms with Gasteiger partial charge in [0.05, 0.1) is 24.0 Å². The Labute approximate surface area is 174 Å². The van der Waals surface area contributed by atoms with Crippen LogP contribution in [-0.4, -0.2) is 31.7 Å². The molecule has 0 saturated carbocycles. The lowest BCUT2D eigenvalue weighted by molar-refractivity contribution is -0.124. The number of para-hydroxylation sites is 1. The summed E-state index contributed by atoms with van der Waals surface area (Å²) < 4.78 is 10.6. The van der Waals surface area contributed by atoms with Gasteiger partial charge in [0.1, 0.15) is 6.61 Å². The number of rotatable bonds is 9. The summed E-state index contributed by atoms with van der Waals surface area (Å²) in [6.07, 6.45) is 6.61. The number of carbonyl (C=O) groups is 2. The van der Waals surface area contributed by atoms with E-state index in [9.17, 15) is 9.59 Å². The second kappa shape index (κ2) is 11.4. The molecule has 0 unspecified atom stereocenters. The van der Waals surface area contributed by atoms with E-state index in [2.05, 4.69) is 21.8 Å². The van der Waals surface area contributed by atoms with Gasteiger partial charge < -0.3 is 14.8 Å². The monoisotopic (exact) mass is 413 g/mol. The molecule has 0 heterocycles. The van der Waals surface area contributed by atoms with Crippen molar-refractivity contribution in [3.05, 3.63) is 53.1 Å². The molecule has 2 amide bonds. The summed E-state index contributed by atoms with van der Waals surface area (Å²) in [5, 5.41) is 6.96. The maximum atomic E-state index is 11.9. The Kier molecular flexibility index (Phi) is 8.54. The predicted molar refractivity (Wildman–Crippen MR) is 112 cm³/mol. The molecule has 0 spiro atoms. The number of benzene rings is 2. The van der Waals surface area contributed by atoms with E-state index in [0.29, 0.717) is 27.8 Å². The highest BCUT2D eigenvalue weighted by Crippen LogP contribution is 2.27. The van der Waals surface area contributed by atoms with Gasteiger partial charge in [-0.15, -0.1) is 6.42 Å². The molecule has 8 heteroatoms. The molecule has 29 heavy (non-hydrogen) atoms. The molecule has 0 radical (unpaired) electrons. The number of terminal acetylenes is 1. The van der Waals surface area contributed by atoms with Crippen LogP contribution in [0.15, 0.2) is 47.6 Å². The van der Waals surface area contributed by atoms with E-state index in [-0.39, 0.29) is 25.4 Å². The van der Waals surface area contributed by atoms with E-state index in [1.54, 1.807) is 42.5 Å². The number of hydrazone groups is 1. The minimum Gasteiger partial charge on any atom is -0.493 e. The molecule has 0 bridgehead atoms. The average Bonchev–Trinajstić information content (AvgIpc) is 2.72. The molecular weight excluding hydrogens is 394 g/mol. The van der Waals surface area contributed by atoms with Crippen LogP contribution in [0.2, 0.25) is 5.02 Å². The van der Waals surface area contributed by atoms with E-state index in [0.717, 1.165) is 0 Å². The Morgan fingerprint density at radius 3 is 2.66 bits per heavy atom. The molecule has 2 aromatic rings. The van der Waals surface area contributed by atoms with Crippen LogP contribution < -0.4 is 20.2 Å². The van der Waals surface area contributed by atoms with Gasteiger partial charge in [-0.1, -0.05) is 29.7 Å². The van der Waals surface area contributed by atoms with Crippen molar-refractivity contribution in [3.63, 3.8) is 0 Å². The zero-order chi connectivity index (χ0) is 21.1. The SMILES string of the molecule is C#CCOc1ccc(C=NNC(=O)CCC(=O)Nc2ccccc2Cl)cc1OC. The van der Waals surface area contributed by atoms with Crippen molar-refractivity contribution in [2.24, 2.45) is 5.10 Å². The summed E-state index contributed by atoms with van der Waals surface area (Å²) in [7, 11) is 1.51. The fourth-order valence-electron chi connectivity index (χ4n) is 2.24. The maximum Gasteiger partial charge on any atom is 0.240 e. The van der Waals surface area contributed by atoms with E-state index in [4.69, 9.17) is 27.5 Å². The lowest BCUT2D eigenvalue weighted by atomic mass is 10.2. The lowest BCUT2D eigenvalue weighted by Gasteiger charge is -2.09. The van der Waals surface area contributed by atoms with Gasteiger partial charge in [0.25, 0.3) is 0 Å².